The van der Waals surface area contributed by atoms with Gasteiger partial charge in [0.25, 0.3) is 0 Å². The van der Waals surface area contributed by atoms with Crippen molar-refractivity contribution >= 4 is 0 Å². The molecule has 1 aromatic rings. The zero-order chi connectivity index (χ0) is 13.1. The molecule has 0 nitrogen and oxygen atoms in total. The molecule has 0 aromatic heterocycles. The van der Waals surface area contributed by atoms with Crippen molar-refractivity contribution in [3.05, 3.63) is 59.7 Å². The summed E-state index contributed by atoms with van der Waals surface area (Å²) in [6.45, 7) is 4.49. The predicted octanol–water partition coefficient (Wildman–Crippen LogP) is 5.70. The van der Waals surface area contributed by atoms with Crippen molar-refractivity contribution in [2.75, 3.05) is 0 Å². The van der Waals surface area contributed by atoms with Crippen molar-refractivity contribution in [3.8, 4) is 0 Å². The maximum absolute atomic E-state index is 2.40. The van der Waals surface area contributed by atoms with Crippen molar-refractivity contribution in [1.82, 2.24) is 0 Å². The second kappa shape index (κ2) is 9.70. The van der Waals surface area contributed by atoms with Gasteiger partial charge in [0.1, 0.15) is 0 Å². The normalized spacial score (nSPS) is 12.2. The van der Waals surface area contributed by atoms with E-state index in [0.717, 1.165) is 6.42 Å². The van der Waals surface area contributed by atoms with E-state index in [-0.39, 0.29) is 0 Å². The van der Waals surface area contributed by atoms with Gasteiger partial charge in [-0.3, -0.25) is 0 Å². The standard InChI is InChI=1S/C18H26/c1-3-5-11-17(12-6-4-2)15-10-16-18-13-8-7-9-14-18/h7-11,13-15H,3-6,12,16H2,1-2H3/b15-10+,17-11+. The molecule has 0 amide bonds. The fourth-order valence-corrected chi connectivity index (χ4v) is 1.92. The van der Waals surface area contributed by atoms with Crippen molar-refractivity contribution in [2.24, 2.45) is 0 Å². The molecule has 0 spiro atoms. The molecule has 0 bridgehead atoms. The summed E-state index contributed by atoms with van der Waals surface area (Å²) in [4.78, 5) is 0. The molecule has 0 aliphatic carbocycles. The third kappa shape index (κ3) is 6.44. The Balaban J connectivity index is 2.49. The molecular weight excluding hydrogens is 216 g/mol. The summed E-state index contributed by atoms with van der Waals surface area (Å²) in [6.07, 6.45) is 14.3. The van der Waals surface area contributed by atoms with Gasteiger partial charge in [-0.15, -0.1) is 0 Å². The molecule has 0 N–H and O–H groups in total. The Morgan fingerprint density at radius 2 is 1.83 bits per heavy atom. The van der Waals surface area contributed by atoms with Gasteiger partial charge in [-0.25, -0.2) is 0 Å². The molecule has 98 valence electrons. The first kappa shape index (κ1) is 14.8. The third-order valence-electron chi connectivity index (χ3n) is 3.04. The number of benzene rings is 1. The van der Waals surface area contributed by atoms with Crippen molar-refractivity contribution in [1.29, 1.82) is 0 Å². The summed E-state index contributed by atoms with van der Waals surface area (Å²) in [6, 6.07) is 10.7. The molecule has 0 heteroatoms. The van der Waals surface area contributed by atoms with E-state index in [0.29, 0.717) is 0 Å². The van der Waals surface area contributed by atoms with E-state index in [9.17, 15) is 0 Å². The molecular formula is C18H26. The minimum absolute atomic E-state index is 1.04. The first-order valence-corrected chi connectivity index (χ1v) is 7.26. The summed E-state index contributed by atoms with van der Waals surface area (Å²) in [5.74, 6) is 0. The van der Waals surface area contributed by atoms with Crippen LogP contribution in [0, 0.1) is 0 Å². The van der Waals surface area contributed by atoms with Crippen LogP contribution in [0.3, 0.4) is 0 Å². The van der Waals surface area contributed by atoms with Crippen LogP contribution in [-0.4, -0.2) is 0 Å². The molecule has 0 aliphatic rings. The Labute approximate surface area is 112 Å². The lowest BCUT2D eigenvalue weighted by Crippen LogP contribution is -1.83. The van der Waals surface area contributed by atoms with Gasteiger partial charge in [-0.2, -0.15) is 0 Å². The number of allylic oxidation sites excluding steroid dienone is 4. The summed E-state index contributed by atoms with van der Waals surface area (Å²) in [5, 5.41) is 0. The molecule has 0 radical (unpaired) electrons. The van der Waals surface area contributed by atoms with Gasteiger partial charge < -0.3 is 0 Å². The highest BCUT2D eigenvalue weighted by atomic mass is 14.0. The summed E-state index contributed by atoms with van der Waals surface area (Å²) in [7, 11) is 0. The number of rotatable bonds is 8. The topological polar surface area (TPSA) is 0 Å². The number of hydrogen-bond donors (Lipinski definition) is 0. The summed E-state index contributed by atoms with van der Waals surface area (Å²) >= 11 is 0. The average molecular weight is 242 g/mol. The van der Waals surface area contributed by atoms with E-state index in [1.165, 1.54) is 43.2 Å². The zero-order valence-corrected chi connectivity index (χ0v) is 11.9. The third-order valence-corrected chi connectivity index (χ3v) is 3.04. The van der Waals surface area contributed by atoms with Crippen LogP contribution < -0.4 is 0 Å². The molecule has 0 aliphatic heterocycles. The van der Waals surface area contributed by atoms with Gasteiger partial charge in [-0.05, 0) is 31.2 Å². The smallest absolute Gasteiger partial charge is 0.00942 e. The van der Waals surface area contributed by atoms with Gasteiger partial charge in [0.15, 0.2) is 0 Å². The first-order chi connectivity index (χ1) is 8.86. The van der Waals surface area contributed by atoms with Gasteiger partial charge >= 0.3 is 0 Å². The lowest BCUT2D eigenvalue weighted by molar-refractivity contribution is 0.791. The lowest BCUT2D eigenvalue weighted by Gasteiger charge is -2.01. The van der Waals surface area contributed by atoms with E-state index in [1.54, 1.807) is 0 Å². The average Bonchev–Trinajstić information content (AvgIpc) is 2.42. The quantitative estimate of drug-likeness (QED) is 0.513. The van der Waals surface area contributed by atoms with Crippen LogP contribution >= 0.6 is 0 Å². The maximum Gasteiger partial charge on any atom is -0.00942 e. The van der Waals surface area contributed by atoms with E-state index in [1.807, 2.05) is 0 Å². The van der Waals surface area contributed by atoms with Crippen LogP contribution in [0.25, 0.3) is 0 Å². The Morgan fingerprint density at radius 3 is 2.50 bits per heavy atom. The van der Waals surface area contributed by atoms with E-state index in [2.05, 4.69) is 62.4 Å². The van der Waals surface area contributed by atoms with E-state index in [4.69, 9.17) is 0 Å². The predicted molar refractivity (Wildman–Crippen MR) is 81.8 cm³/mol. The van der Waals surface area contributed by atoms with Crippen LogP contribution in [0.2, 0.25) is 0 Å². The minimum Gasteiger partial charge on any atom is -0.0813 e. The molecule has 18 heavy (non-hydrogen) atoms. The second-order valence-electron chi connectivity index (χ2n) is 4.76. The van der Waals surface area contributed by atoms with Crippen molar-refractivity contribution in [2.45, 2.75) is 52.4 Å². The molecule has 1 rings (SSSR count). The molecule has 0 saturated carbocycles. The fraction of sp³-hybridized carbons (Fsp3) is 0.444. The summed E-state index contributed by atoms with van der Waals surface area (Å²) in [5.41, 5.74) is 2.90. The second-order valence-corrected chi connectivity index (χ2v) is 4.76. The molecule has 0 atom stereocenters. The van der Waals surface area contributed by atoms with Crippen LogP contribution in [0.4, 0.5) is 0 Å². The molecule has 0 unspecified atom stereocenters. The zero-order valence-electron chi connectivity index (χ0n) is 11.9. The van der Waals surface area contributed by atoms with E-state index < -0.39 is 0 Å². The van der Waals surface area contributed by atoms with Crippen molar-refractivity contribution in [3.63, 3.8) is 0 Å². The van der Waals surface area contributed by atoms with Gasteiger partial charge in [0.05, 0.1) is 0 Å². The molecule has 1 aromatic carbocycles. The minimum atomic E-state index is 1.04. The highest BCUT2D eigenvalue weighted by Crippen LogP contribution is 2.11. The van der Waals surface area contributed by atoms with Crippen LogP contribution in [0.15, 0.2) is 54.1 Å². The summed E-state index contributed by atoms with van der Waals surface area (Å²) < 4.78 is 0. The maximum atomic E-state index is 2.40. The number of hydrogen-bond acceptors (Lipinski definition) is 0. The lowest BCUT2D eigenvalue weighted by atomic mass is 10.0. The van der Waals surface area contributed by atoms with Gasteiger partial charge in [0, 0.05) is 0 Å². The molecule has 0 fully saturated rings. The molecule has 0 heterocycles. The highest BCUT2D eigenvalue weighted by Gasteiger charge is 1.92. The Morgan fingerprint density at radius 1 is 1.06 bits per heavy atom. The fourth-order valence-electron chi connectivity index (χ4n) is 1.92. The largest absolute Gasteiger partial charge is 0.0813 e. The number of unbranched alkanes of at least 4 members (excludes halogenated alkanes) is 2. The first-order valence-electron chi connectivity index (χ1n) is 7.26. The van der Waals surface area contributed by atoms with Crippen molar-refractivity contribution < 1.29 is 0 Å². The highest BCUT2D eigenvalue weighted by molar-refractivity contribution is 5.23. The van der Waals surface area contributed by atoms with E-state index >= 15 is 0 Å². The van der Waals surface area contributed by atoms with Gasteiger partial charge in [0.2, 0.25) is 0 Å². The Hall–Kier alpha value is -1.30. The SMILES string of the molecule is CCC/C=C(/C=C/Cc1ccccc1)CCCC. The Bertz CT molecular complexity index is 357. The molecule has 0 saturated heterocycles. The van der Waals surface area contributed by atoms with Crippen LogP contribution in [0.1, 0.15) is 51.5 Å². The monoisotopic (exact) mass is 242 g/mol. The van der Waals surface area contributed by atoms with Gasteiger partial charge in [-0.1, -0.05) is 80.8 Å². The van der Waals surface area contributed by atoms with Crippen LogP contribution in [-0.2, 0) is 6.42 Å². The Kier molecular flexibility index (Phi) is 7.96. The van der Waals surface area contributed by atoms with Crippen LogP contribution in [0.5, 0.6) is 0 Å².